The molecule has 0 amide bonds. The Hall–Kier alpha value is -3.29. The van der Waals surface area contributed by atoms with E-state index in [0.29, 0.717) is 29.8 Å². The van der Waals surface area contributed by atoms with E-state index in [-0.39, 0.29) is 18.6 Å². The number of carbonyl (C=O) groups excluding carboxylic acids is 1. The Labute approximate surface area is 216 Å². The van der Waals surface area contributed by atoms with Crippen LogP contribution in [0.15, 0.2) is 63.9 Å². The maximum absolute atomic E-state index is 13.7. The zero-order valence-corrected chi connectivity index (χ0v) is 21.5. The van der Waals surface area contributed by atoms with Crippen molar-refractivity contribution < 1.29 is 14.6 Å². The number of hydrogen-bond acceptors (Lipinski definition) is 5. The number of carbonyl (C=O) groups is 1. The summed E-state index contributed by atoms with van der Waals surface area (Å²) in [6, 6.07) is 18.2. The number of nitrogens with zero attached hydrogens (tertiary/aromatic N) is 2. The summed E-state index contributed by atoms with van der Waals surface area (Å²) in [6.07, 6.45) is 1.77. The molecule has 1 N–H and O–H groups in total. The lowest BCUT2D eigenvalue weighted by Gasteiger charge is -2.26. The van der Waals surface area contributed by atoms with Gasteiger partial charge in [-0.25, -0.2) is 4.98 Å². The number of aliphatic hydroxyl groups is 1. The predicted octanol–water partition coefficient (Wildman–Crippen LogP) is 5.02. The van der Waals surface area contributed by atoms with Crippen LogP contribution in [0.1, 0.15) is 47.6 Å². The molecule has 36 heavy (non-hydrogen) atoms. The molecule has 1 unspecified atom stereocenters. The minimum Gasteiger partial charge on any atom is -0.460 e. The zero-order valence-electron chi connectivity index (χ0n) is 19.9. The van der Waals surface area contributed by atoms with Crippen molar-refractivity contribution >= 4 is 32.8 Å². The smallest absolute Gasteiger partial charge is 0.309 e. The van der Waals surface area contributed by atoms with Gasteiger partial charge in [-0.05, 0) is 54.2 Å². The van der Waals surface area contributed by atoms with E-state index >= 15 is 0 Å². The molecule has 4 aromatic rings. The van der Waals surface area contributed by atoms with Crippen LogP contribution in [-0.2, 0) is 41.1 Å². The van der Waals surface area contributed by atoms with Crippen molar-refractivity contribution in [3.05, 3.63) is 97.2 Å². The molecule has 182 valence electrons. The highest BCUT2D eigenvalue weighted by Crippen LogP contribution is 2.40. The van der Waals surface area contributed by atoms with E-state index in [1.54, 1.807) is 4.57 Å². The van der Waals surface area contributed by atoms with Gasteiger partial charge in [0.15, 0.2) is 0 Å². The number of benzene rings is 2. The largest absolute Gasteiger partial charge is 0.460 e. The van der Waals surface area contributed by atoms with E-state index in [1.807, 2.05) is 43.3 Å². The molecule has 2 aromatic heterocycles. The Morgan fingerprint density at radius 2 is 1.86 bits per heavy atom. The van der Waals surface area contributed by atoms with Crippen LogP contribution in [0.25, 0.3) is 22.3 Å². The van der Waals surface area contributed by atoms with Gasteiger partial charge in [-0.2, -0.15) is 0 Å². The third-order valence-electron chi connectivity index (χ3n) is 7.57. The highest BCUT2D eigenvalue weighted by atomic mass is 79.9. The molecule has 4 heterocycles. The summed E-state index contributed by atoms with van der Waals surface area (Å²) in [6.45, 7) is 2.08. The van der Waals surface area contributed by atoms with Crippen LogP contribution in [0.2, 0.25) is 0 Å². The quantitative estimate of drug-likeness (QED) is 0.321. The number of esters is 1. The first-order valence-corrected chi connectivity index (χ1v) is 13.0. The number of para-hydroxylation sites is 1. The van der Waals surface area contributed by atoms with E-state index in [4.69, 9.17) is 9.72 Å². The van der Waals surface area contributed by atoms with Crippen molar-refractivity contribution in [3.63, 3.8) is 0 Å². The third kappa shape index (κ3) is 3.61. The minimum absolute atomic E-state index is 0.129. The second-order valence-electron chi connectivity index (χ2n) is 9.56. The predicted molar refractivity (Wildman–Crippen MR) is 141 cm³/mol. The number of aromatic nitrogens is 2. The molecule has 6 rings (SSSR count). The number of rotatable bonds is 4. The van der Waals surface area contributed by atoms with Gasteiger partial charge in [-0.1, -0.05) is 59.3 Å². The molecule has 0 radical (unpaired) electrons. The summed E-state index contributed by atoms with van der Waals surface area (Å²) in [4.78, 5) is 30.9. The average Bonchev–Trinajstić information content (AvgIpc) is 3.18. The van der Waals surface area contributed by atoms with Gasteiger partial charge < -0.3 is 14.4 Å². The van der Waals surface area contributed by atoms with Gasteiger partial charge in [0.05, 0.1) is 35.4 Å². The fourth-order valence-corrected chi connectivity index (χ4v) is 6.04. The Kier molecular flexibility index (Phi) is 5.57. The van der Waals surface area contributed by atoms with Gasteiger partial charge in [0, 0.05) is 15.4 Å². The second kappa shape index (κ2) is 8.68. The molecule has 0 saturated heterocycles. The molecule has 0 spiro atoms. The molecule has 0 aliphatic carbocycles. The van der Waals surface area contributed by atoms with Crippen LogP contribution in [0.4, 0.5) is 0 Å². The zero-order chi connectivity index (χ0) is 25.0. The fraction of sp³-hybridized carbons (Fsp3) is 0.276. The van der Waals surface area contributed by atoms with Crippen molar-refractivity contribution in [1.82, 2.24) is 9.55 Å². The van der Waals surface area contributed by atoms with E-state index in [2.05, 4.69) is 34.1 Å². The van der Waals surface area contributed by atoms with E-state index in [9.17, 15) is 14.7 Å². The van der Waals surface area contributed by atoms with Gasteiger partial charge in [0.25, 0.3) is 5.56 Å². The number of aryl methyl sites for hydroxylation is 2. The molecule has 1 atom stereocenters. The topological polar surface area (TPSA) is 81.4 Å². The molecular formula is C29H25BrN2O4. The van der Waals surface area contributed by atoms with Crippen LogP contribution < -0.4 is 5.56 Å². The summed E-state index contributed by atoms with van der Waals surface area (Å²) < 4.78 is 8.09. The van der Waals surface area contributed by atoms with E-state index in [0.717, 1.165) is 39.5 Å². The number of ether oxygens (including phenoxy) is 1. The summed E-state index contributed by atoms with van der Waals surface area (Å²) in [5, 5.41) is 12.5. The standard InChI is InChI=1S/C29H25BrN2O4/c1-2-29(35)14-26(33)36-16-21-22(29)13-25-27-20(15-32(25)28(21)34)18(19-8-4-6-10-24(19)31-27)12-11-17-7-3-5-9-23(17)30/h3-10,13,35H,2,11-12,14-16H2,1H3. The van der Waals surface area contributed by atoms with Gasteiger partial charge in [0.2, 0.25) is 0 Å². The molecule has 0 fully saturated rings. The van der Waals surface area contributed by atoms with E-state index < -0.39 is 11.6 Å². The first kappa shape index (κ1) is 23.1. The van der Waals surface area contributed by atoms with Crippen LogP contribution in [0, 0.1) is 0 Å². The molecule has 2 aliphatic rings. The molecule has 0 bridgehead atoms. The maximum atomic E-state index is 13.7. The lowest BCUT2D eigenvalue weighted by atomic mass is 9.85. The van der Waals surface area contributed by atoms with Gasteiger partial charge in [-0.15, -0.1) is 0 Å². The summed E-state index contributed by atoms with van der Waals surface area (Å²) >= 11 is 3.66. The minimum atomic E-state index is -1.44. The number of cyclic esters (lactones) is 1. The maximum Gasteiger partial charge on any atom is 0.309 e. The molecule has 6 nitrogen and oxygen atoms in total. The van der Waals surface area contributed by atoms with Gasteiger partial charge in [0.1, 0.15) is 12.2 Å². The average molecular weight is 545 g/mol. The Morgan fingerprint density at radius 1 is 1.08 bits per heavy atom. The molecular weight excluding hydrogens is 520 g/mol. The normalized spacial score (nSPS) is 18.4. The lowest BCUT2D eigenvalue weighted by Crippen LogP contribution is -2.32. The van der Waals surface area contributed by atoms with Crippen LogP contribution in [-0.4, -0.2) is 20.6 Å². The number of halogens is 1. The van der Waals surface area contributed by atoms with Crippen molar-refractivity contribution in [3.8, 4) is 11.4 Å². The fourth-order valence-electron chi connectivity index (χ4n) is 5.56. The monoisotopic (exact) mass is 544 g/mol. The first-order valence-electron chi connectivity index (χ1n) is 12.2. The highest BCUT2D eigenvalue weighted by Gasteiger charge is 2.39. The Morgan fingerprint density at radius 3 is 2.67 bits per heavy atom. The molecule has 2 aliphatic heterocycles. The summed E-state index contributed by atoms with van der Waals surface area (Å²) in [5.41, 5.74) is 4.92. The highest BCUT2D eigenvalue weighted by molar-refractivity contribution is 9.10. The van der Waals surface area contributed by atoms with Crippen molar-refractivity contribution in [2.75, 3.05) is 0 Å². The number of pyridine rings is 2. The SMILES string of the molecule is CCC1(O)CC(=O)OCc2c1cc1n(c2=O)Cc2c-1nc1ccccc1c2CCc1ccccc1Br. The number of fused-ring (bicyclic) bond motifs is 5. The van der Waals surface area contributed by atoms with Gasteiger partial charge in [-0.3, -0.25) is 9.59 Å². The summed E-state index contributed by atoms with van der Waals surface area (Å²) in [7, 11) is 0. The second-order valence-corrected chi connectivity index (χ2v) is 10.4. The Balaban J connectivity index is 1.54. The molecule has 7 heteroatoms. The van der Waals surface area contributed by atoms with Crippen LogP contribution in [0.5, 0.6) is 0 Å². The van der Waals surface area contributed by atoms with E-state index in [1.165, 1.54) is 11.1 Å². The Bertz CT molecular complexity index is 1610. The summed E-state index contributed by atoms with van der Waals surface area (Å²) in [5.74, 6) is -0.501. The van der Waals surface area contributed by atoms with Crippen molar-refractivity contribution in [1.29, 1.82) is 0 Å². The van der Waals surface area contributed by atoms with Gasteiger partial charge >= 0.3 is 5.97 Å². The molecule has 2 aromatic carbocycles. The lowest BCUT2D eigenvalue weighted by molar-refractivity contribution is -0.149. The van der Waals surface area contributed by atoms with Crippen LogP contribution in [0.3, 0.4) is 0 Å². The number of hydrogen-bond donors (Lipinski definition) is 1. The third-order valence-corrected chi connectivity index (χ3v) is 8.35. The van der Waals surface area contributed by atoms with Crippen molar-refractivity contribution in [2.24, 2.45) is 0 Å². The van der Waals surface area contributed by atoms with Crippen molar-refractivity contribution in [2.45, 2.75) is 51.4 Å². The van der Waals surface area contributed by atoms with Crippen LogP contribution >= 0.6 is 15.9 Å². The first-order chi connectivity index (χ1) is 17.4. The molecule has 0 saturated carbocycles.